The summed E-state index contributed by atoms with van der Waals surface area (Å²) >= 11 is 1.29. The number of nitrogens with one attached hydrogen (secondary N) is 2. The minimum Gasteiger partial charge on any atom is -0.372 e. The molecule has 0 bridgehead atoms. The van der Waals surface area contributed by atoms with E-state index in [4.69, 9.17) is 9.73 Å². The maximum atomic E-state index is 15.1. The SMILES string of the molecule is CC/C(C)=C(/C(=C(\N=C(/C)N(C)c1c(F)cc(SC)cc1F)Nc1cc(C)[nH]n1)C1CC1)c1cnc2n1CCOC2. The van der Waals surface area contributed by atoms with Gasteiger partial charge in [-0.15, -0.1) is 11.8 Å². The zero-order valence-electron chi connectivity index (χ0n) is 24.4. The molecular formula is C30H37F2N7OS. The van der Waals surface area contributed by atoms with Gasteiger partial charge in [-0.3, -0.25) is 5.10 Å². The molecule has 8 nitrogen and oxygen atoms in total. The molecule has 2 N–H and O–H groups in total. The second-order valence-corrected chi connectivity index (χ2v) is 11.4. The van der Waals surface area contributed by atoms with Crippen molar-refractivity contribution >= 4 is 34.7 Å². The molecule has 3 aromatic rings. The molecule has 1 aliphatic carbocycles. The molecule has 0 amide bonds. The van der Waals surface area contributed by atoms with E-state index < -0.39 is 11.6 Å². The third-order valence-corrected chi connectivity index (χ3v) is 8.33. The number of aliphatic imine (C=N–C) groups is 1. The van der Waals surface area contributed by atoms with Crippen molar-refractivity contribution in [2.24, 2.45) is 10.9 Å². The second kappa shape index (κ2) is 12.2. The smallest absolute Gasteiger partial charge is 0.153 e. The maximum absolute atomic E-state index is 15.1. The summed E-state index contributed by atoms with van der Waals surface area (Å²) in [6, 6.07) is 4.61. The number of fused-ring (bicyclic) bond motifs is 1. The third-order valence-electron chi connectivity index (χ3n) is 7.62. The first kappa shape index (κ1) is 29.1. The number of rotatable bonds is 9. The summed E-state index contributed by atoms with van der Waals surface area (Å²) in [5.74, 6) is 1.57. The van der Waals surface area contributed by atoms with Crippen molar-refractivity contribution in [3.63, 3.8) is 0 Å². The fraction of sp³-hybridized carbons (Fsp3) is 0.433. The van der Waals surface area contributed by atoms with Gasteiger partial charge in [0.05, 0.1) is 18.5 Å². The molecule has 0 unspecified atom stereocenters. The number of H-pyrrole nitrogens is 1. The predicted octanol–water partition coefficient (Wildman–Crippen LogP) is 6.92. The molecule has 11 heteroatoms. The highest BCUT2D eigenvalue weighted by Gasteiger charge is 2.35. The number of aromatic nitrogens is 4. The third kappa shape index (κ3) is 6.11. The summed E-state index contributed by atoms with van der Waals surface area (Å²) in [5, 5.41) is 10.8. The molecule has 218 valence electrons. The van der Waals surface area contributed by atoms with Crippen LogP contribution in [0.5, 0.6) is 0 Å². The normalized spacial score (nSPS) is 16.7. The Bertz CT molecular complexity index is 1510. The Balaban J connectivity index is 1.69. The van der Waals surface area contributed by atoms with Crippen molar-refractivity contribution < 1.29 is 13.5 Å². The molecule has 5 rings (SSSR count). The molecule has 1 aliphatic heterocycles. The Morgan fingerprint density at radius 2 is 1.98 bits per heavy atom. The number of anilines is 2. The number of benzene rings is 1. The number of aromatic amines is 1. The lowest BCUT2D eigenvalue weighted by molar-refractivity contribution is 0.0813. The van der Waals surface area contributed by atoms with Gasteiger partial charge in [0, 0.05) is 41.4 Å². The molecular weight excluding hydrogens is 544 g/mol. The lowest BCUT2D eigenvalue weighted by atomic mass is 9.92. The quantitative estimate of drug-likeness (QED) is 0.124. The van der Waals surface area contributed by atoms with Crippen LogP contribution in [0.15, 0.2) is 51.3 Å². The molecule has 1 fully saturated rings. The average Bonchev–Trinajstić information content (AvgIpc) is 3.57. The number of ether oxygens (including phenoxy) is 1. The van der Waals surface area contributed by atoms with Gasteiger partial charge in [0.1, 0.15) is 29.8 Å². The molecule has 2 aliphatic rings. The minimum absolute atomic E-state index is 0.141. The Morgan fingerprint density at radius 1 is 1.24 bits per heavy atom. The van der Waals surface area contributed by atoms with Crippen molar-refractivity contribution in [1.29, 1.82) is 0 Å². The summed E-state index contributed by atoms with van der Waals surface area (Å²) in [5.41, 5.74) is 5.17. The molecule has 0 saturated heterocycles. The van der Waals surface area contributed by atoms with Gasteiger partial charge < -0.3 is 19.5 Å². The van der Waals surface area contributed by atoms with Crippen LogP contribution in [-0.2, 0) is 17.9 Å². The molecule has 3 heterocycles. The number of thioether (sulfide) groups is 1. The first-order chi connectivity index (χ1) is 19.7. The van der Waals surface area contributed by atoms with E-state index in [9.17, 15) is 0 Å². The standard InChI is InChI=1S/C30H37F2N7OS/c1-7-17(2)27(24-15-33-26-16-40-11-10-39(24)26)28(20-8-9-20)30(35-25-12-18(3)36-37-25)34-19(4)38(5)29-22(31)13-21(41-6)14-23(29)32/h12-15,20H,7-11,16H2,1-6H3,(H2,35,36,37)/b27-17+,30-28+,34-19+. The molecule has 1 saturated carbocycles. The number of allylic oxidation sites excluding steroid dienone is 3. The first-order valence-corrected chi connectivity index (χ1v) is 15.1. The summed E-state index contributed by atoms with van der Waals surface area (Å²) < 4.78 is 38.1. The summed E-state index contributed by atoms with van der Waals surface area (Å²) in [4.78, 5) is 11.7. The number of amidine groups is 1. The average molecular weight is 582 g/mol. The monoisotopic (exact) mass is 581 g/mol. The largest absolute Gasteiger partial charge is 0.372 e. The molecule has 0 radical (unpaired) electrons. The van der Waals surface area contributed by atoms with Crippen molar-refractivity contribution in [2.75, 3.05) is 30.1 Å². The number of hydrogen-bond donors (Lipinski definition) is 2. The van der Waals surface area contributed by atoms with Crippen LogP contribution in [0.4, 0.5) is 20.3 Å². The van der Waals surface area contributed by atoms with Crippen LogP contribution in [0.25, 0.3) is 5.57 Å². The summed E-state index contributed by atoms with van der Waals surface area (Å²) in [6.07, 6.45) is 6.61. The van der Waals surface area contributed by atoms with E-state index >= 15 is 8.78 Å². The van der Waals surface area contributed by atoms with Gasteiger partial charge in [0.25, 0.3) is 0 Å². The molecule has 0 spiro atoms. The topological polar surface area (TPSA) is 83.4 Å². The van der Waals surface area contributed by atoms with E-state index in [-0.39, 0.29) is 11.6 Å². The van der Waals surface area contributed by atoms with E-state index in [2.05, 4.69) is 38.9 Å². The predicted molar refractivity (Wildman–Crippen MR) is 161 cm³/mol. The Labute approximate surface area is 244 Å². The molecule has 1 aromatic carbocycles. The maximum Gasteiger partial charge on any atom is 0.153 e. The van der Waals surface area contributed by atoms with Crippen molar-refractivity contribution in [3.05, 3.63) is 70.2 Å². The highest BCUT2D eigenvalue weighted by Crippen LogP contribution is 2.47. The van der Waals surface area contributed by atoms with Gasteiger partial charge in [-0.1, -0.05) is 12.5 Å². The summed E-state index contributed by atoms with van der Waals surface area (Å²) in [7, 11) is 1.63. The Hall–Kier alpha value is -3.44. The minimum atomic E-state index is -0.634. The van der Waals surface area contributed by atoms with Crippen molar-refractivity contribution in [1.82, 2.24) is 19.7 Å². The highest BCUT2D eigenvalue weighted by molar-refractivity contribution is 7.98. The van der Waals surface area contributed by atoms with Crippen LogP contribution in [-0.4, -0.2) is 45.5 Å². The Morgan fingerprint density at radius 3 is 2.59 bits per heavy atom. The number of hydrogen-bond acceptors (Lipinski definition) is 6. The molecule has 41 heavy (non-hydrogen) atoms. The van der Waals surface area contributed by atoms with Crippen LogP contribution < -0.4 is 10.2 Å². The number of imidazole rings is 1. The van der Waals surface area contributed by atoms with Gasteiger partial charge in [-0.05, 0) is 64.3 Å². The van der Waals surface area contributed by atoms with Crippen LogP contribution >= 0.6 is 11.8 Å². The zero-order chi connectivity index (χ0) is 29.3. The van der Waals surface area contributed by atoms with E-state index in [1.807, 2.05) is 19.2 Å². The van der Waals surface area contributed by atoms with E-state index in [1.54, 1.807) is 20.2 Å². The Kier molecular flexibility index (Phi) is 8.65. The van der Waals surface area contributed by atoms with Crippen LogP contribution in [0.3, 0.4) is 0 Å². The number of nitrogens with zero attached hydrogens (tertiary/aromatic N) is 5. The highest BCUT2D eigenvalue weighted by atomic mass is 32.2. The van der Waals surface area contributed by atoms with E-state index in [1.165, 1.54) is 34.4 Å². The number of halogens is 2. The van der Waals surface area contributed by atoms with Crippen molar-refractivity contribution in [2.45, 2.75) is 65.0 Å². The van der Waals surface area contributed by atoms with Gasteiger partial charge in [-0.25, -0.2) is 18.8 Å². The van der Waals surface area contributed by atoms with Gasteiger partial charge >= 0.3 is 0 Å². The van der Waals surface area contributed by atoms with Crippen LogP contribution in [0.2, 0.25) is 0 Å². The fourth-order valence-corrected chi connectivity index (χ4v) is 5.53. The first-order valence-electron chi connectivity index (χ1n) is 13.9. The molecule has 2 aromatic heterocycles. The van der Waals surface area contributed by atoms with Gasteiger partial charge in [-0.2, -0.15) is 5.10 Å². The second-order valence-electron chi connectivity index (χ2n) is 10.5. The van der Waals surface area contributed by atoms with Crippen LogP contribution in [0, 0.1) is 24.5 Å². The van der Waals surface area contributed by atoms with Crippen molar-refractivity contribution in [3.8, 4) is 0 Å². The fourth-order valence-electron chi connectivity index (χ4n) is 5.09. The zero-order valence-corrected chi connectivity index (χ0v) is 25.3. The lowest BCUT2D eigenvalue weighted by Gasteiger charge is -2.24. The van der Waals surface area contributed by atoms with E-state index in [0.717, 1.165) is 54.2 Å². The summed E-state index contributed by atoms with van der Waals surface area (Å²) in [6.45, 7) is 9.82. The lowest BCUT2D eigenvalue weighted by Crippen LogP contribution is -2.26. The van der Waals surface area contributed by atoms with Gasteiger partial charge in [0.15, 0.2) is 17.5 Å². The van der Waals surface area contributed by atoms with E-state index in [0.29, 0.717) is 35.6 Å². The number of aryl methyl sites for hydroxylation is 1. The molecule has 0 atom stereocenters. The van der Waals surface area contributed by atoms with Gasteiger partial charge in [0.2, 0.25) is 0 Å². The van der Waals surface area contributed by atoms with Crippen LogP contribution in [0.1, 0.15) is 57.2 Å².